The molecule has 0 atom stereocenters. The molecule has 0 heterocycles. The van der Waals surface area contributed by atoms with E-state index >= 15 is 0 Å². The van der Waals surface area contributed by atoms with Crippen LogP contribution in [0, 0.1) is 0 Å². The van der Waals surface area contributed by atoms with Crippen molar-refractivity contribution in [3.8, 4) is 0 Å². The fraction of sp³-hybridized carbons (Fsp3) is 0.727. The van der Waals surface area contributed by atoms with Crippen LogP contribution in [0.5, 0.6) is 0 Å². The van der Waals surface area contributed by atoms with Crippen LogP contribution in [0.15, 0.2) is 12.7 Å². The van der Waals surface area contributed by atoms with Crippen molar-refractivity contribution in [3.05, 3.63) is 12.7 Å². The van der Waals surface area contributed by atoms with E-state index in [2.05, 4.69) is 25.3 Å². The van der Waals surface area contributed by atoms with Crippen LogP contribution in [0.1, 0.15) is 33.1 Å². The minimum Gasteiger partial charge on any atom is -0.304 e. The van der Waals surface area contributed by atoms with Crippen molar-refractivity contribution in [1.82, 2.24) is 4.90 Å². The van der Waals surface area contributed by atoms with Crippen molar-refractivity contribution in [2.24, 2.45) is 0 Å². The molecule has 0 aromatic heterocycles. The third-order valence-electron chi connectivity index (χ3n) is 2.27. The van der Waals surface area contributed by atoms with E-state index in [1.54, 1.807) is 0 Å². The van der Waals surface area contributed by atoms with Gasteiger partial charge in [-0.1, -0.05) is 20.4 Å². The molecule has 0 amide bonds. The zero-order chi connectivity index (χ0) is 10.1. The summed E-state index contributed by atoms with van der Waals surface area (Å²) in [5, 5.41) is 0. The van der Waals surface area contributed by atoms with Crippen LogP contribution in [-0.2, 0) is 4.79 Å². The van der Waals surface area contributed by atoms with Gasteiger partial charge in [0, 0.05) is 6.42 Å². The normalized spacial score (nSPS) is 10.4. The van der Waals surface area contributed by atoms with Crippen molar-refractivity contribution < 1.29 is 4.79 Å². The Kier molecular flexibility index (Phi) is 7.60. The minimum absolute atomic E-state index is 0.166. The van der Waals surface area contributed by atoms with E-state index in [1.165, 1.54) is 6.08 Å². The predicted molar refractivity (Wildman–Crippen MR) is 56.8 cm³/mol. The quantitative estimate of drug-likeness (QED) is 0.425. The molecule has 0 rings (SSSR count). The van der Waals surface area contributed by atoms with Gasteiger partial charge in [-0.25, -0.2) is 0 Å². The van der Waals surface area contributed by atoms with Crippen molar-refractivity contribution >= 4 is 5.78 Å². The summed E-state index contributed by atoms with van der Waals surface area (Å²) in [6, 6.07) is 0. The van der Waals surface area contributed by atoms with E-state index in [1.807, 2.05) is 0 Å². The van der Waals surface area contributed by atoms with E-state index in [4.69, 9.17) is 0 Å². The highest BCUT2D eigenvalue weighted by Gasteiger charge is 1.99. The highest BCUT2D eigenvalue weighted by atomic mass is 16.1. The van der Waals surface area contributed by atoms with Crippen LogP contribution < -0.4 is 0 Å². The lowest BCUT2D eigenvalue weighted by Gasteiger charge is -2.17. The molecule has 0 saturated carbocycles. The summed E-state index contributed by atoms with van der Waals surface area (Å²) in [7, 11) is 0. The average molecular weight is 183 g/mol. The first-order valence-electron chi connectivity index (χ1n) is 5.12. The number of hydrogen-bond acceptors (Lipinski definition) is 2. The van der Waals surface area contributed by atoms with Crippen molar-refractivity contribution in [2.75, 3.05) is 19.6 Å². The van der Waals surface area contributed by atoms with Crippen molar-refractivity contribution in [1.29, 1.82) is 0 Å². The molecule has 2 heteroatoms. The summed E-state index contributed by atoms with van der Waals surface area (Å²) < 4.78 is 0. The molecule has 76 valence electrons. The van der Waals surface area contributed by atoms with Gasteiger partial charge in [0.05, 0.1) is 0 Å². The lowest BCUT2D eigenvalue weighted by Crippen LogP contribution is -2.23. The van der Waals surface area contributed by atoms with Gasteiger partial charge in [-0.05, 0) is 38.6 Å². The Labute approximate surface area is 81.6 Å². The second-order valence-corrected chi connectivity index (χ2v) is 3.15. The van der Waals surface area contributed by atoms with Gasteiger partial charge in [0.25, 0.3) is 0 Å². The molecular formula is C11H21NO. The standard InChI is InChI=1S/C11H21NO/c1-4-11(13)9-7-8-10-12(5-2)6-3/h4H,1,5-10H2,2-3H3. The largest absolute Gasteiger partial charge is 0.304 e. The Morgan fingerprint density at radius 3 is 2.38 bits per heavy atom. The number of hydrogen-bond donors (Lipinski definition) is 0. The second kappa shape index (κ2) is 7.99. The first-order chi connectivity index (χ1) is 6.24. The maximum Gasteiger partial charge on any atom is 0.155 e. The van der Waals surface area contributed by atoms with Gasteiger partial charge < -0.3 is 4.90 Å². The maximum absolute atomic E-state index is 10.9. The molecule has 13 heavy (non-hydrogen) atoms. The summed E-state index contributed by atoms with van der Waals surface area (Å²) in [5.41, 5.74) is 0. The lowest BCUT2D eigenvalue weighted by molar-refractivity contribution is -0.114. The first kappa shape index (κ1) is 12.4. The molecule has 0 saturated heterocycles. The molecule has 0 N–H and O–H groups in total. The van der Waals surface area contributed by atoms with Gasteiger partial charge in [0.1, 0.15) is 0 Å². The Bertz CT molecular complexity index is 150. The Balaban J connectivity index is 3.33. The van der Waals surface area contributed by atoms with Gasteiger partial charge in [0.15, 0.2) is 5.78 Å². The molecule has 0 fully saturated rings. The third-order valence-corrected chi connectivity index (χ3v) is 2.27. The van der Waals surface area contributed by atoms with Crippen LogP contribution in [0.2, 0.25) is 0 Å². The summed E-state index contributed by atoms with van der Waals surface area (Å²) in [4.78, 5) is 13.2. The topological polar surface area (TPSA) is 20.3 Å². The van der Waals surface area contributed by atoms with Crippen LogP contribution >= 0.6 is 0 Å². The molecule has 0 aromatic carbocycles. The SMILES string of the molecule is C=CC(=O)CCCCN(CC)CC. The van der Waals surface area contributed by atoms with Crippen LogP contribution in [0.25, 0.3) is 0 Å². The summed E-state index contributed by atoms with van der Waals surface area (Å²) >= 11 is 0. The number of unbranched alkanes of at least 4 members (excludes halogenated alkanes) is 1. The predicted octanol–water partition coefficient (Wildman–Crippen LogP) is 2.25. The van der Waals surface area contributed by atoms with E-state index in [0.29, 0.717) is 6.42 Å². The molecule has 2 nitrogen and oxygen atoms in total. The Morgan fingerprint density at radius 2 is 1.92 bits per heavy atom. The van der Waals surface area contributed by atoms with Gasteiger partial charge in [-0.3, -0.25) is 4.79 Å². The highest BCUT2D eigenvalue weighted by molar-refractivity contribution is 5.88. The zero-order valence-corrected chi connectivity index (χ0v) is 8.88. The fourth-order valence-electron chi connectivity index (χ4n) is 1.28. The summed E-state index contributed by atoms with van der Waals surface area (Å²) in [5.74, 6) is 0.166. The van der Waals surface area contributed by atoms with Crippen molar-refractivity contribution in [3.63, 3.8) is 0 Å². The Hall–Kier alpha value is -0.630. The van der Waals surface area contributed by atoms with Gasteiger partial charge >= 0.3 is 0 Å². The first-order valence-corrected chi connectivity index (χ1v) is 5.12. The monoisotopic (exact) mass is 183 g/mol. The van der Waals surface area contributed by atoms with Crippen LogP contribution in [0.4, 0.5) is 0 Å². The van der Waals surface area contributed by atoms with E-state index in [0.717, 1.165) is 32.5 Å². The number of allylic oxidation sites excluding steroid dienone is 1. The van der Waals surface area contributed by atoms with Crippen LogP contribution in [-0.4, -0.2) is 30.3 Å². The number of carbonyl (C=O) groups is 1. The van der Waals surface area contributed by atoms with Gasteiger partial charge in [0.2, 0.25) is 0 Å². The number of nitrogens with zero attached hydrogens (tertiary/aromatic N) is 1. The molecular weight excluding hydrogens is 162 g/mol. The van der Waals surface area contributed by atoms with Crippen molar-refractivity contribution in [2.45, 2.75) is 33.1 Å². The number of carbonyl (C=O) groups excluding carboxylic acids is 1. The highest BCUT2D eigenvalue weighted by Crippen LogP contribution is 1.99. The number of rotatable bonds is 8. The maximum atomic E-state index is 10.9. The van der Waals surface area contributed by atoms with Gasteiger partial charge in [-0.2, -0.15) is 0 Å². The average Bonchev–Trinajstić information content (AvgIpc) is 2.18. The molecule has 0 radical (unpaired) electrons. The van der Waals surface area contributed by atoms with Crippen LogP contribution in [0.3, 0.4) is 0 Å². The van der Waals surface area contributed by atoms with E-state index < -0.39 is 0 Å². The third kappa shape index (κ3) is 6.52. The second-order valence-electron chi connectivity index (χ2n) is 3.15. The lowest BCUT2D eigenvalue weighted by atomic mass is 10.1. The minimum atomic E-state index is 0.166. The zero-order valence-electron chi connectivity index (χ0n) is 8.88. The summed E-state index contributed by atoms with van der Waals surface area (Å²) in [6.45, 7) is 11.1. The number of ketones is 1. The molecule has 0 bridgehead atoms. The molecule has 0 aromatic rings. The molecule has 0 aliphatic carbocycles. The molecule has 0 aliphatic heterocycles. The fourth-order valence-corrected chi connectivity index (χ4v) is 1.28. The van der Waals surface area contributed by atoms with E-state index in [9.17, 15) is 4.79 Å². The summed E-state index contributed by atoms with van der Waals surface area (Å²) in [6.07, 6.45) is 4.17. The van der Waals surface area contributed by atoms with Gasteiger partial charge in [-0.15, -0.1) is 0 Å². The molecule has 0 unspecified atom stereocenters. The smallest absolute Gasteiger partial charge is 0.155 e. The Morgan fingerprint density at radius 1 is 1.31 bits per heavy atom. The van der Waals surface area contributed by atoms with E-state index in [-0.39, 0.29) is 5.78 Å². The molecule has 0 spiro atoms. The molecule has 0 aliphatic rings.